The molecule has 0 spiro atoms. The van der Waals surface area contributed by atoms with E-state index >= 15 is 0 Å². The highest BCUT2D eigenvalue weighted by Crippen LogP contribution is 2.09. The number of nitrogens with one attached hydrogen (secondary N) is 1. The first kappa shape index (κ1) is 17.4. The molecule has 0 aliphatic carbocycles. The predicted octanol–water partition coefficient (Wildman–Crippen LogP) is 2.17. The minimum Gasteiger partial charge on any atom is -0.384 e. The number of aromatic nitrogens is 1. The summed E-state index contributed by atoms with van der Waals surface area (Å²) in [5.41, 5.74) is 1.45. The molecule has 0 unspecified atom stereocenters. The van der Waals surface area contributed by atoms with Crippen molar-refractivity contribution in [3.8, 4) is 0 Å². The summed E-state index contributed by atoms with van der Waals surface area (Å²) in [6.07, 6.45) is 1.72. The topological polar surface area (TPSA) is 48.5 Å². The van der Waals surface area contributed by atoms with Gasteiger partial charge in [-0.3, -0.25) is 4.79 Å². The second-order valence-corrected chi connectivity index (χ2v) is 5.91. The summed E-state index contributed by atoms with van der Waals surface area (Å²) in [5.74, 6) is 0.450. The highest BCUT2D eigenvalue weighted by atomic mass is 16.2. The van der Waals surface area contributed by atoms with Gasteiger partial charge >= 0.3 is 0 Å². The molecule has 1 N–H and O–H groups in total. The maximum atomic E-state index is 12.6. The number of hydrogen-bond acceptors (Lipinski definition) is 4. The van der Waals surface area contributed by atoms with E-state index in [-0.39, 0.29) is 5.91 Å². The van der Waals surface area contributed by atoms with E-state index in [4.69, 9.17) is 0 Å². The van der Waals surface area contributed by atoms with E-state index < -0.39 is 0 Å². The molecular weight excluding hydrogens is 264 g/mol. The van der Waals surface area contributed by atoms with Gasteiger partial charge in [0.2, 0.25) is 0 Å². The summed E-state index contributed by atoms with van der Waals surface area (Å²) in [4.78, 5) is 20.8. The van der Waals surface area contributed by atoms with Crippen LogP contribution in [0.4, 0.5) is 5.69 Å². The molecule has 21 heavy (non-hydrogen) atoms. The molecule has 0 bridgehead atoms. The molecule has 0 aliphatic rings. The number of likely N-dealkylation sites (N-methyl/N-ethyl adjacent to an activating group) is 1. The molecule has 0 aliphatic heterocycles. The highest BCUT2D eigenvalue weighted by molar-refractivity contribution is 5.92. The third-order valence-electron chi connectivity index (χ3n) is 3.05. The van der Waals surface area contributed by atoms with Crippen LogP contribution in [0.3, 0.4) is 0 Å². The van der Waals surface area contributed by atoms with Gasteiger partial charge in [-0.25, -0.2) is 4.98 Å². The van der Waals surface area contributed by atoms with Crippen LogP contribution >= 0.6 is 0 Å². The Morgan fingerprint density at radius 3 is 2.48 bits per heavy atom. The van der Waals surface area contributed by atoms with Crippen molar-refractivity contribution in [3.05, 3.63) is 24.0 Å². The van der Waals surface area contributed by atoms with Crippen molar-refractivity contribution in [1.82, 2.24) is 14.8 Å². The first-order valence-electron chi connectivity index (χ1n) is 7.58. The fourth-order valence-electron chi connectivity index (χ4n) is 2.03. The van der Waals surface area contributed by atoms with E-state index in [1.807, 2.05) is 32.0 Å². The van der Waals surface area contributed by atoms with Gasteiger partial charge in [-0.2, -0.15) is 0 Å². The molecule has 1 amide bonds. The Balaban J connectivity index is 2.77. The van der Waals surface area contributed by atoms with Crippen LogP contribution in [-0.4, -0.2) is 61.0 Å². The number of anilines is 1. The average Bonchev–Trinajstić information content (AvgIpc) is 2.43. The second kappa shape index (κ2) is 8.62. The lowest BCUT2D eigenvalue weighted by Crippen LogP contribution is -2.39. The Labute approximate surface area is 128 Å². The quantitative estimate of drug-likeness (QED) is 0.798. The van der Waals surface area contributed by atoms with Crippen LogP contribution in [0, 0.1) is 5.92 Å². The fourth-order valence-corrected chi connectivity index (χ4v) is 2.03. The number of carbonyl (C=O) groups excluding carboxylic acids is 1. The van der Waals surface area contributed by atoms with Gasteiger partial charge in [-0.1, -0.05) is 13.8 Å². The van der Waals surface area contributed by atoms with Crippen molar-refractivity contribution in [1.29, 1.82) is 0 Å². The number of carbonyl (C=O) groups is 1. The zero-order valence-corrected chi connectivity index (χ0v) is 13.9. The summed E-state index contributed by atoms with van der Waals surface area (Å²) in [7, 11) is 4.03. The lowest BCUT2D eigenvalue weighted by Gasteiger charge is -2.25. The zero-order chi connectivity index (χ0) is 15.8. The van der Waals surface area contributed by atoms with Crippen molar-refractivity contribution >= 4 is 11.6 Å². The van der Waals surface area contributed by atoms with Crippen molar-refractivity contribution in [3.63, 3.8) is 0 Å². The van der Waals surface area contributed by atoms with E-state index in [1.54, 1.807) is 12.3 Å². The number of amides is 1. The molecule has 0 saturated heterocycles. The smallest absolute Gasteiger partial charge is 0.272 e. The fraction of sp³-hybridized carbons (Fsp3) is 0.625. The summed E-state index contributed by atoms with van der Waals surface area (Å²) in [5, 5.41) is 3.18. The van der Waals surface area contributed by atoms with Gasteiger partial charge in [0, 0.05) is 26.2 Å². The van der Waals surface area contributed by atoms with Crippen molar-refractivity contribution < 1.29 is 4.79 Å². The Hall–Kier alpha value is -1.62. The maximum absolute atomic E-state index is 12.6. The monoisotopic (exact) mass is 292 g/mol. The Morgan fingerprint density at radius 1 is 1.29 bits per heavy atom. The van der Waals surface area contributed by atoms with Crippen LogP contribution in [0.5, 0.6) is 0 Å². The van der Waals surface area contributed by atoms with E-state index in [0.717, 1.165) is 31.9 Å². The molecule has 0 atom stereocenters. The summed E-state index contributed by atoms with van der Waals surface area (Å²) in [6.45, 7) is 9.45. The van der Waals surface area contributed by atoms with Gasteiger partial charge in [0.1, 0.15) is 5.69 Å². The minimum atomic E-state index is 0.00796. The van der Waals surface area contributed by atoms with E-state index in [9.17, 15) is 4.79 Å². The molecule has 1 heterocycles. The van der Waals surface area contributed by atoms with Crippen molar-refractivity contribution in [2.24, 2.45) is 5.92 Å². The van der Waals surface area contributed by atoms with E-state index in [2.05, 4.69) is 29.0 Å². The molecule has 1 aromatic heterocycles. The van der Waals surface area contributed by atoms with Gasteiger partial charge in [-0.15, -0.1) is 0 Å². The lowest BCUT2D eigenvalue weighted by molar-refractivity contribution is 0.0719. The van der Waals surface area contributed by atoms with Crippen LogP contribution in [-0.2, 0) is 0 Å². The summed E-state index contributed by atoms with van der Waals surface area (Å²) < 4.78 is 0. The van der Waals surface area contributed by atoms with E-state index in [1.165, 1.54) is 0 Å². The van der Waals surface area contributed by atoms with Crippen molar-refractivity contribution in [2.75, 3.05) is 45.6 Å². The molecule has 0 fully saturated rings. The first-order valence-corrected chi connectivity index (χ1v) is 7.58. The third kappa shape index (κ3) is 6.12. The molecule has 1 rings (SSSR count). The Kier molecular flexibility index (Phi) is 7.15. The number of nitrogens with zero attached hydrogens (tertiary/aromatic N) is 3. The molecular formula is C16H28N4O. The second-order valence-electron chi connectivity index (χ2n) is 5.91. The Morgan fingerprint density at radius 2 is 2.00 bits per heavy atom. The van der Waals surface area contributed by atoms with Gasteiger partial charge in [0.15, 0.2) is 0 Å². The Bertz CT molecular complexity index is 428. The number of rotatable bonds is 8. The SMILES string of the molecule is CCNc1ccc(C(=O)N(CCN(C)C)CC(C)C)nc1. The molecule has 0 aromatic carbocycles. The standard InChI is InChI=1S/C16H28N4O/c1-6-17-14-7-8-15(18-11-14)16(21)20(12-13(2)3)10-9-19(4)5/h7-8,11,13,17H,6,9-10,12H2,1-5H3. The molecule has 0 radical (unpaired) electrons. The van der Waals surface area contributed by atoms with E-state index in [0.29, 0.717) is 11.6 Å². The van der Waals surface area contributed by atoms with Gasteiger partial charge < -0.3 is 15.1 Å². The zero-order valence-electron chi connectivity index (χ0n) is 13.9. The van der Waals surface area contributed by atoms with Crippen molar-refractivity contribution in [2.45, 2.75) is 20.8 Å². The summed E-state index contributed by atoms with van der Waals surface area (Å²) >= 11 is 0. The maximum Gasteiger partial charge on any atom is 0.272 e. The molecule has 5 nitrogen and oxygen atoms in total. The molecule has 118 valence electrons. The minimum absolute atomic E-state index is 0.00796. The highest BCUT2D eigenvalue weighted by Gasteiger charge is 2.18. The molecule has 0 saturated carbocycles. The van der Waals surface area contributed by atoms with Crippen LogP contribution in [0.25, 0.3) is 0 Å². The number of hydrogen-bond donors (Lipinski definition) is 1. The van der Waals surface area contributed by atoms with Crippen LogP contribution < -0.4 is 5.32 Å². The first-order chi connectivity index (χ1) is 9.93. The largest absolute Gasteiger partial charge is 0.384 e. The predicted molar refractivity (Wildman–Crippen MR) is 87.7 cm³/mol. The third-order valence-corrected chi connectivity index (χ3v) is 3.05. The number of pyridine rings is 1. The van der Waals surface area contributed by atoms with Crippen LogP contribution in [0.2, 0.25) is 0 Å². The summed E-state index contributed by atoms with van der Waals surface area (Å²) in [6, 6.07) is 3.70. The van der Waals surface area contributed by atoms with Crippen LogP contribution in [0.1, 0.15) is 31.3 Å². The van der Waals surface area contributed by atoms with Gasteiger partial charge in [-0.05, 0) is 39.1 Å². The average molecular weight is 292 g/mol. The molecule has 1 aromatic rings. The van der Waals surface area contributed by atoms with Gasteiger partial charge in [0.25, 0.3) is 5.91 Å². The normalized spacial score (nSPS) is 11.0. The van der Waals surface area contributed by atoms with Crippen LogP contribution in [0.15, 0.2) is 18.3 Å². The molecule has 5 heteroatoms. The van der Waals surface area contributed by atoms with Gasteiger partial charge in [0.05, 0.1) is 11.9 Å². The lowest BCUT2D eigenvalue weighted by atomic mass is 10.2.